The first-order valence-corrected chi connectivity index (χ1v) is 13.8. The Kier molecular flexibility index (Phi) is 5.38. The van der Waals surface area contributed by atoms with Crippen LogP contribution in [-0.2, 0) is 28.6 Å². The van der Waals surface area contributed by atoms with Gasteiger partial charge in [0.1, 0.15) is 24.4 Å². The van der Waals surface area contributed by atoms with Crippen molar-refractivity contribution in [2.75, 3.05) is 6.61 Å². The lowest BCUT2D eigenvalue weighted by Crippen LogP contribution is -2.72. The summed E-state index contributed by atoms with van der Waals surface area (Å²) in [7, 11) is 0. The summed E-state index contributed by atoms with van der Waals surface area (Å²) in [5.41, 5.74) is -0.796. The van der Waals surface area contributed by atoms with Crippen LogP contribution in [0.3, 0.4) is 0 Å². The van der Waals surface area contributed by atoms with Gasteiger partial charge in [-0.2, -0.15) is 0 Å². The quantitative estimate of drug-likeness (QED) is 0.295. The van der Waals surface area contributed by atoms with Crippen molar-refractivity contribution in [2.24, 2.45) is 38.7 Å². The number of fused-ring (bicyclic) bond motifs is 3. The summed E-state index contributed by atoms with van der Waals surface area (Å²) in [6.07, 6.45) is 8.34. The van der Waals surface area contributed by atoms with Crippen LogP contribution in [0.15, 0.2) is 40.3 Å². The molecule has 0 unspecified atom stereocenters. The van der Waals surface area contributed by atoms with Crippen LogP contribution in [0, 0.1) is 33.5 Å². The number of nitrogens with zero attached hydrogens (tertiary/aromatic N) is 1. The third-order valence-corrected chi connectivity index (χ3v) is 11.2. The van der Waals surface area contributed by atoms with Gasteiger partial charge in [0.05, 0.1) is 18.2 Å². The molecule has 0 bridgehead atoms. The molecule has 0 amide bonds. The highest BCUT2D eigenvalue weighted by molar-refractivity contribution is 6.00. The van der Waals surface area contributed by atoms with Crippen molar-refractivity contribution in [3.8, 4) is 0 Å². The van der Waals surface area contributed by atoms with E-state index in [-0.39, 0.29) is 34.6 Å². The first kappa shape index (κ1) is 25.7. The van der Waals surface area contributed by atoms with E-state index >= 15 is 0 Å². The second-order valence-corrected chi connectivity index (χ2v) is 13.1. The van der Waals surface area contributed by atoms with E-state index in [9.17, 15) is 9.59 Å². The van der Waals surface area contributed by atoms with Crippen molar-refractivity contribution in [3.05, 3.63) is 36.3 Å². The molecule has 9 atom stereocenters. The molecule has 206 valence electrons. The summed E-state index contributed by atoms with van der Waals surface area (Å²) in [6, 6.07) is 1.86. The molecule has 1 spiro atoms. The SMILES string of the molecule is CCO/N=C1\C=C[C@]2(C)[C@H]3CC[C@@]4(C)[C@@H](c5ccoc5)OC(=O)[C@H]5O[C@]54[C@]3(C)[C@H](OC(C)=O)C[C@H]2C1(C)C. The monoisotopic (exact) mass is 525 g/mol. The van der Waals surface area contributed by atoms with Crippen LogP contribution < -0.4 is 0 Å². The van der Waals surface area contributed by atoms with Crippen molar-refractivity contribution in [2.45, 2.75) is 91.6 Å². The van der Waals surface area contributed by atoms with Gasteiger partial charge in [0.15, 0.2) is 6.10 Å². The zero-order valence-corrected chi connectivity index (χ0v) is 23.4. The standard InChI is InChI=1S/C30H39NO7/c1-8-35-31-21-10-12-27(5)19-9-13-28(6)23(18-11-14-34-16-18)37-25(33)24-30(28,38-24)29(19,7)22(36-17(2)32)15-20(27)26(21,3)4/h10-12,14,16,19-20,22-24H,8-9,13,15H2,1-7H3/b31-21+/t19-,20+,22-,23-,24-,27-,28+,29+,30-/m1/s1. The average molecular weight is 526 g/mol. The highest BCUT2D eigenvalue weighted by Gasteiger charge is 2.88. The van der Waals surface area contributed by atoms with E-state index in [2.05, 4.69) is 51.9 Å². The molecule has 38 heavy (non-hydrogen) atoms. The topological polar surface area (TPSA) is 99.9 Å². The molecule has 2 saturated carbocycles. The maximum Gasteiger partial charge on any atom is 0.339 e. The zero-order chi connectivity index (χ0) is 27.3. The zero-order valence-electron chi connectivity index (χ0n) is 23.4. The lowest BCUT2D eigenvalue weighted by atomic mass is 9.35. The van der Waals surface area contributed by atoms with Crippen LogP contribution in [0.4, 0.5) is 0 Å². The van der Waals surface area contributed by atoms with Gasteiger partial charge in [0, 0.05) is 28.7 Å². The van der Waals surface area contributed by atoms with Gasteiger partial charge >= 0.3 is 11.9 Å². The first-order valence-electron chi connectivity index (χ1n) is 13.8. The first-order chi connectivity index (χ1) is 17.9. The molecular formula is C30H39NO7. The van der Waals surface area contributed by atoms with Crippen LogP contribution >= 0.6 is 0 Å². The number of ether oxygens (including phenoxy) is 3. The molecule has 5 aliphatic rings. The van der Waals surface area contributed by atoms with E-state index in [1.54, 1.807) is 12.5 Å². The Balaban J connectivity index is 1.52. The second-order valence-electron chi connectivity index (χ2n) is 13.1. The van der Waals surface area contributed by atoms with Crippen molar-refractivity contribution >= 4 is 17.7 Å². The molecule has 0 aromatic carbocycles. The minimum absolute atomic E-state index is 0.0937. The van der Waals surface area contributed by atoms with Gasteiger partial charge in [0.25, 0.3) is 0 Å². The number of cyclic esters (lactones) is 1. The number of allylic oxidation sites excluding steroid dienone is 2. The van der Waals surface area contributed by atoms with Crippen LogP contribution in [-0.4, -0.2) is 42.1 Å². The summed E-state index contributed by atoms with van der Waals surface area (Å²) in [5, 5.41) is 4.46. The Bertz CT molecular complexity index is 1220. The van der Waals surface area contributed by atoms with Gasteiger partial charge in [-0.25, -0.2) is 4.79 Å². The highest BCUT2D eigenvalue weighted by Crippen LogP contribution is 2.79. The molecule has 8 nitrogen and oxygen atoms in total. The molecule has 2 saturated heterocycles. The molecule has 4 fully saturated rings. The third-order valence-electron chi connectivity index (χ3n) is 11.2. The van der Waals surface area contributed by atoms with E-state index in [0.717, 1.165) is 24.1 Å². The summed E-state index contributed by atoms with van der Waals surface area (Å²) in [5.74, 6) is -0.442. The van der Waals surface area contributed by atoms with Gasteiger partial charge in [-0.1, -0.05) is 45.9 Å². The maximum absolute atomic E-state index is 13.4. The number of epoxide rings is 1. The number of carbonyl (C=O) groups is 2. The van der Waals surface area contributed by atoms with E-state index in [1.165, 1.54) is 6.92 Å². The van der Waals surface area contributed by atoms with Crippen molar-refractivity contribution in [3.63, 3.8) is 0 Å². The summed E-state index contributed by atoms with van der Waals surface area (Å²) < 4.78 is 24.2. The number of hydrogen-bond donors (Lipinski definition) is 0. The lowest BCUT2D eigenvalue weighted by Gasteiger charge is -2.68. The molecule has 8 heteroatoms. The molecule has 3 aliphatic carbocycles. The normalized spacial score (nSPS) is 47.2. The highest BCUT2D eigenvalue weighted by atomic mass is 16.7. The van der Waals surface area contributed by atoms with Crippen LogP contribution in [0.1, 0.15) is 79.4 Å². The van der Waals surface area contributed by atoms with Crippen LogP contribution in [0.5, 0.6) is 0 Å². The van der Waals surface area contributed by atoms with E-state index < -0.39 is 34.7 Å². The Morgan fingerprint density at radius 1 is 1.16 bits per heavy atom. The Labute approximate surface area is 224 Å². The number of esters is 2. The Hall–Kier alpha value is -2.61. The van der Waals surface area contributed by atoms with Crippen molar-refractivity contribution in [1.82, 2.24) is 0 Å². The maximum atomic E-state index is 13.4. The summed E-state index contributed by atoms with van der Waals surface area (Å²) in [4.78, 5) is 31.4. The molecule has 0 radical (unpaired) electrons. The minimum atomic E-state index is -0.827. The van der Waals surface area contributed by atoms with E-state index in [1.807, 2.05) is 13.0 Å². The lowest BCUT2D eigenvalue weighted by molar-refractivity contribution is -0.249. The minimum Gasteiger partial charge on any atom is -0.472 e. The van der Waals surface area contributed by atoms with Crippen molar-refractivity contribution < 1.29 is 33.1 Å². The molecule has 2 aliphatic heterocycles. The van der Waals surface area contributed by atoms with Crippen LogP contribution in [0.2, 0.25) is 0 Å². The summed E-state index contributed by atoms with van der Waals surface area (Å²) in [6.45, 7) is 15.0. The number of hydrogen-bond acceptors (Lipinski definition) is 8. The second kappa shape index (κ2) is 7.96. The fourth-order valence-electron chi connectivity index (χ4n) is 9.49. The van der Waals surface area contributed by atoms with Gasteiger partial charge in [-0.3, -0.25) is 4.79 Å². The molecular weight excluding hydrogens is 486 g/mol. The third kappa shape index (κ3) is 2.93. The van der Waals surface area contributed by atoms with Crippen molar-refractivity contribution in [1.29, 1.82) is 0 Å². The molecule has 3 heterocycles. The largest absolute Gasteiger partial charge is 0.472 e. The fourth-order valence-corrected chi connectivity index (χ4v) is 9.49. The van der Waals surface area contributed by atoms with E-state index in [0.29, 0.717) is 13.0 Å². The predicted octanol–water partition coefficient (Wildman–Crippen LogP) is 5.38. The average Bonchev–Trinajstić information content (AvgIpc) is 3.42. The fraction of sp³-hybridized carbons (Fsp3) is 0.700. The van der Waals surface area contributed by atoms with Gasteiger partial charge in [-0.05, 0) is 55.6 Å². The summed E-state index contributed by atoms with van der Waals surface area (Å²) >= 11 is 0. The Morgan fingerprint density at radius 3 is 2.58 bits per heavy atom. The smallest absolute Gasteiger partial charge is 0.339 e. The Morgan fingerprint density at radius 2 is 1.92 bits per heavy atom. The van der Waals surface area contributed by atoms with Crippen LogP contribution in [0.25, 0.3) is 0 Å². The molecule has 0 N–H and O–H groups in total. The number of furan rings is 1. The molecule has 1 aromatic heterocycles. The van der Waals surface area contributed by atoms with Gasteiger partial charge < -0.3 is 23.5 Å². The van der Waals surface area contributed by atoms with E-state index in [4.69, 9.17) is 23.5 Å². The molecule has 1 aromatic rings. The predicted molar refractivity (Wildman–Crippen MR) is 138 cm³/mol. The van der Waals surface area contributed by atoms with Gasteiger partial charge in [-0.15, -0.1) is 0 Å². The number of rotatable bonds is 4. The van der Waals surface area contributed by atoms with Gasteiger partial charge in [0.2, 0.25) is 0 Å². The molecule has 6 rings (SSSR count). The number of carbonyl (C=O) groups excluding carboxylic acids is 2. The number of oxime groups is 1.